The van der Waals surface area contributed by atoms with Crippen molar-refractivity contribution in [1.82, 2.24) is 16.0 Å². The third-order valence-electron chi connectivity index (χ3n) is 5.70. The average molecular weight is 502 g/mol. The smallest absolute Gasteiger partial charge is 0.326 e. The molecular formula is C23H43N5O7. The fourth-order valence-corrected chi connectivity index (χ4v) is 3.37. The highest BCUT2D eigenvalue weighted by molar-refractivity contribution is 5.94. The molecule has 0 saturated carbocycles. The van der Waals surface area contributed by atoms with Crippen LogP contribution in [0.1, 0.15) is 72.6 Å². The van der Waals surface area contributed by atoms with Crippen molar-refractivity contribution in [2.75, 3.05) is 6.54 Å². The van der Waals surface area contributed by atoms with Gasteiger partial charge in [-0.3, -0.25) is 19.2 Å². The Balaban J connectivity index is 5.55. The fraction of sp³-hybridized carbons (Fsp3) is 0.783. The van der Waals surface area contributed by atoms with Crippen molar-refractivity contribution in [3.05, 3.63) is 0 Å². The maximum absolute atomic E-state index is 13.1. The minimum absolute atomic E-state index is 0.0254. The Hall–Kier alpha value is -2.73. The Morgan fingerprint density at radius 3 is 1.91 bits per heavy atom. The highest BCUT2D eigenvalue weighted by Crippen LogP contribution is 2.11. The summed E-state index contributed by atoms with van der Waals surface area (Å²) in [5.74, 6) is -4.75. The number of carbonyl (C=O) groups excluding carboxylic acids is 3. The second-order valence-electron chi connectivity index (χ2n) is 9.29. The van der Waals surface area contributed by atoms with Gasteiger partial charge in [-0.05, 0) is 44.1 Å². The van der Waals surface area contributed by atoms with E-state index < -0.39 is 60.2 Å². The van der Waals surface area contributed by atoms with E-state index >= 15 is 0 Å². The zero-order chi connectivity index (χ0) is 27.1. The highest BCUT2D eigenvalue weighted by Gasteiger charge is 2.32. The van der Waals surface area contributed by atoms with E-state index in [2.05, 4.69) is 16.0 Å². The van der Waals surface area contributed by atoms with Crippen molar-refractivity contribution in [2.45, 2.75) is 96.8 Å². The first-order valence-corrected chi connectivity index (χ1v) is 12.1. The molecule has 12 nitrogen and oxygen atoms in total. The summed E-state index contributed by atoms with van der Waals surface area (Å²) in [5.41, 5.74) is 11.4. The van der Waals surface area contributed by atoms with E-state index in [4.69, 9.17) is 16.6 Å². The molecule has 0 aromatic rings. The van der Waals surface area contributed by atoms with Crippen molar-refractivity contribution in [3.63, 3.8) is 0 Å². The van der Waals surface area contributed by atoms with Gasteiger partial charge < -0.3 is 37.6 Å². The van der Waals surface area contributed by atoms with Crippen molar-refractivity contribution in [1.29, 1.82) is 0 Å². The lowest BCUT2D eigenvalue weighted by Gasteiger charge is -2.28. The molecule has 0 radical (unpaired) electrons. The quantitative estimate of drug-likeness (QED) is 0.125. The number of hydrogen-bond donors (Lipinski definition) is 7. The summed E-state index contributed by atoms with van der Waals surface area (Å²) in [4.78, 5) is 61.1. The monoisotopic (exact) mass is 501 g/mol. The lowest BCUT2D eigenvalue weighted by molar-refractivity contribution is -0.143. The third kappa shape index (κ3) is 13.1. The van der Waals surface area contributed by atoms with Crippen LogP contribution in [0.25, 0.3) is 0 Å². The number of rotatable bonds is 18. The van der Waals surface area contributed by atoms with Crippen molar-refractivity contribution < 1.29 is 34.2 Å². The van der Waals surface area contributed by atoms with E-state index in [0.717, 1.165) is 0 Å². The van der Waals surface area contributed by atoms with Crippen LogP contribution in [0, 0.1) is 11.8 Å². The fourth-order valence-electron chi connectivity index (χ4n) is 3.37. The summed E-state index contributed by atoms with van der Waals surface area (Å²) in [5, 5.41) is 26.0. The maximum Gasteiger partial charge on any atom is 0.326 e. The Morgan fingerprint density at radius 1 is 0.829 bits per heavy atom. The number of amides is 3. The van der Waals surface area contributed by atoms with Crippen LogP contribution in [0.2, 0.25) is 0 Å². The predicted molar refractivity (Wildman–Crippen MR) is 130 cm³/mol. The van der Waals surface area contributed by atoms with Gasteiger partial charge in [0.2, 0.25) is 17.7 Å². The molecule has 5 unspecified atom stereocenters. The van der Waals surface area contributed by atoms with Gasteiger partial charge in [0.25, 0.3) is 0 Å². The number of carbonyl (C=O) groups is 5. The molecule has 0 aromatic carbocycles. The predicted octanol–water partition coefficient (Wildman–Crippen LogP) is -0.0613. The first kappa shape index (κ1) is 32.3. The van der Waals surface area contributed by atoms with Crippen LogP contribution in [0.15, 0.2) is 0 Å². The lowest BCUT2D eigenvalue weighted by atomic mass is 9.96. The standard InChI is InChI=1S/C23H43N5O7/c1-5-14(4)19(28-20(31)15(25)8-6-7-11-24)22(33)26-16(9-10-18(29)30)21(32)27-17(23(34)35)12-13(2)3/h13-17,19H,5-12,24-25H2,1-4H3,(H,26,33)(H,27,32)(H,28,31)(H,29,30)(H,34,35). The molecule has 0 aliphatic carbocycles. The Labute approximate surface area is 206 Å². The topological polar surface area (TPSA) is 214 Å². The van der Waals surface area contributed by atoms with Gasteiger partial charge in [-0.1, -0.05) is 40.5 Å². The van der Waals surface area contributed by atoms with E-state index in [0.29, 0.717) is 32.2 Å². The maximum atomic E-state index is 13.1. The first-order chi connectivity index (χ1) is 16.3. The van der Waals surface area contributed by atoms with Gasteiger partial charge in [0.05, 0.1) is 6.04 Å². The Bertz CT molecular complexity index is 716. The molecule has 202 valence electrons. The summed E-state index contributed by atoms with van der Waals surface area (Å²) in [6, 6.07) is -4.34. The van der Waals surface area contributed by atoms with Crippen molar-refractivity contribution >= 4 is 29.7 Å². The van der Waals surface area contributed by atoms with Crippen LogP contribution >= 0.6 is 0 Å². The Morgan fingerprint density at radius 2 is 1.43 bits per heavy atom. The number of hydrogen-bond acceptors (Lipinski definition) is 7. The minimum Gasteiger partial charge on any atom is -0.481 e. The van der Waals surface area contributed by atoms with Crippen LogP contribution < -0.4 is 27.4 Å². The summed E-state index contributed by atoms with van der Waals surface area (Å²) < 4.78 is 0. The van der Waals surface area contributed by atoms with Gasteiger partial charge in [-0.25, -0.2) is 4.79 Å². The number of aliphatic carboxylic acids is 2. The van der Waals surface area contributed by atoms with Crippen LogP contribution in [-0.4, -0.2) is 70.6 Å². The molecule has 0 aliphatic heterocycles. The number of carboxylic acid groups (broad SMARTS) is 2. The van der Waals surface area contributed by atoms with Crippen LogP contribution in [0.3, 0.4) is 0 Å². The summed E-state index contributed by atoms with van der Waals surface area (Å²) in [6.45, 7) is 7.65. The molecular weight excluding hydrogens is 458 g/mol. The second-order valence-corrected chi connectivity index (χ2v) is 9.29. The molecule has 12 heteroatoms. The van der Waals surface area contributed by atoms with Crippen molar-refractivity contribution in [3.8, 4) is 0 Å². The molecule has 9 N–H and O–H groups in total. The molecule has 3 amide bonds. The van der Waals surface area contributed by atoms with Gasteiger partial charge in [-0.15, -0.1) is 0 Å². The molecule has 5 atom stereocenters. The first-order valence-electron chi connectivity index (χ1n) is 12.1. The molecule has 35 heavy (non-hydrogen) atoms. The van der Waals surface area contributed by atoms with Crippen LogP contribution in [0.4, 0.5) is 0 Å². The Kier molecular flexibility index (Phi) is 15.5. The van der Waals surface area contributed by atoms with Gasteiger partial charge in [0.1, 0.15) is 18.1 Å². The number of unbranched alkanes of at least 4 members (excludes halogenated alkanes) is 1. The van der Waals surface area contributed by atoms with E-state index in [1.165, 1.54) is 0 Å². The largest absolute Gasteiger partial charge is 0.481 e. The van der Waals surface area contributed by atoms with E-state index in [1.807, 2.05) is 6.92 Å². The number of nitrogens with two attached hydrogens (primary N) is 2. The van der Waals surface area contributed by atoms with E-state index in [-0.39, 0.29) is 24.7 Å². The van der Waals surface area contributed by atoms with Gasteiger partial charge >= 0.3 is 11.9 Å². The normalized spacial score (nSPS) is 15.4. The van der Waals surface area contributed by atoms with Crippen molar-refractivity contribution in [2.24, 2.45) is 23.3 Å². The third-order valence-corrected chi connectivity index (χ3v) is 5.70. The van der Waals surface area contributed by atoms with Crippen LogP contribution in [-0.2, 0) is 24.0 Å². The van der Waals surface area contributed by atoms with Crippen LogP contribution in [0.5, 0.6) is 0 Å². The van der Waals surface area contributed by atoms with E-state index in [1.54, 1.807) is 20.8 Å². The zero-order valence-corrected chi connectivity index (χ0v) is 21.2. The molecule has 0 heterocycles. The molecule has 0 fully saturated rings. The highest BCUT2D eigenvalue weighted by atomic mass is 16.4. The summed E-state index contributed by atoms with van der Waals surface area (Å²) >= 11 is 0. The van der Waals surface area contributed by atoms with Gasteiger partial charge in [0, 0.05) is 6.42 Å². The number of carboxylic acids is 2. The molecule has 0 rings (SSSR count). The second kappa shape index (κ2) is 16.8. The SMILES string of the molecule is CCC(C)C(NC(=O)C(N)CCCCN)C(=O)NC(CCC(=O)O)C(=O)NC(CC(C)C)C(=O)O. The molecule has 0 spiro atoms. The average Bonchev–Trinajstić information content (AvgIpc) is 2.78. The molecule has 0 saturated heterocycles. The van der Waals surface area contributed by atoms with Gasteiger partial charge in [0.15, 0.2) is 0 Å². The minimum atomic E-state index is -1.30. The van der Waals surface area contributed by atoms with E-state index in [9.17, 15) is 29.1 Å². The lowest BCUT2D eigenvalue weighted by Crippen LogP contribution is -2.58. The summed E-state index contributed by atoms with van der Waals surface area (Å²) in [7, 11) is 0. The number of nitrogens with one attached hydrogen (secondary N) is 3. The molecule has 0 aromatic heterocycles. The van der Waals surface area contributed by atoms with Gasteiger partial charge in [-0.2, -0.15) is 0 Å². The molecule has 0 bridgehead atoms. The molecule has 0 aliphatic rings. The zero-order valence-electron chi connectivity index (χ0n) is 21.2. The summed E-state index contributed by atoms with van der Waals surface area (Å²) in [6.07, 6.45) is 1.78.